The number of guanidine groups is 1. The molecule has 5 heteroatoms. The van der Waals surface area contributed by atoms with Gasteiger partial charge in [-0.15, -0.1) is 0 Å². The predicted octanol–water partition coefficient (Wildman–Crippen LogP) is 2.37. The van der Waals surface area contributed by atoms with Crippen LogP contribution in [0.25, 0.3) is 0 Å². The molecule has 0 aliphatic heterocycles. The Kier molecular flexibility index (Phi) is 10.2. The summed E-state index contributed by atoms with van der Waals surface area (Å²) in [5, 5.41) is 3.42. The molecule has 0 aromatic carbocycles. The largest absolute Gasteiger partial charge is 0.382 e. The third kappa shape index (κ3) is 7.99. The SMILES string of the molecule is CN=C(NCCCOCCOC)N(C)CC1CCC(C)CC1. The Balaban J connectivity index is 2.14. The van der Waals surface area contributed by atoms with Crippen molar-refractivity contribution in [3.8, 4) is 0 Å². The Morgan fingerprint density at radius 1 is 1.18 bits per heavy atom. The number of methoxy groups -OCH3 is 1. The number of nitrogens with zero attached hydrogens (tertiary/aromatic N) is 2. The van der Waals surface area contributed by atoms with E-state index in [1.165, 1.54) is 25.7 Å². The van der Waals surface area contributed by atoms with E-state index in [0.29, 0.717) is 13.2 Å². The van der Waals surface area contributed by atoms with Gasteiger partial charge in [-0.05, 0) is 31.1 Å². The highest BCUT2D eigenvalue weighted by atomic mass is 16.5. The van der Waals surface area contributed by atoms with E-state index in [1.54, 1.807) is 7.11 Å². The van der Waals surface area contributed by atoms with E-state index >= 15 is 0 Å². The lowest BCUT2D eigenvalue weighted by atomic mass is 9.83. The minimum absolute atomic E-state index is 0.665. The minimum Gasteiger partial charge on any atom is -0.382 e. The highest BCUT2D eigenvalue weighted by molar-refractivity contribution is 5.79. The van der Waals surface area contributed by atoms with Crippen LogP contribution in [0.5, 0.6) is 0 Å². The van der Waals surface area contributed by atoms with E-state index in [1.807, 2.05) is 7.05 Å². The topological polar surface area (TPSA) is 46.1 Å². The van der Waals surface area contributed by atoms with Gasteiger partial charge in [0, 0.05) is 40.9 Å². The van der Waals surface area contributed by atoms with Crippen molar-refractivity contribution in [3.05, 3.63) is 0 Å². The number of hydrogen-bond acceptors (Lipinski definition) is 3. The second kappa shape index (κ2) is 11.7. The zero-order chi connectivity index (χ0) is 16.2. The molecule has 0 radical (unpaired) electrons. The molecule has 1 N–H and O–H groups in total. The molecule has 1 rings (SSSR count). The third-order valence-electron chi connectivity index (χ3n) is 4.42. The first-order valence-corrected chi connectivity index (χ1v) is 8.65. The molecule has 5 nitrogen and oxygen atoms in total. The number of ether oxygens (including phenoxy) is 2. The molecule has 0 unspecified atom stereocenters. The summed E-state index contributed by atoms with van der Waals surface area (Å²) < 4.78 is 10.4. The van der Waals surface area contributed by atoms with Gasteiger partial charge in [-0.25, -0.2) is 0 Å². The van der Waals surface area contributed by atoms with Gasteiger partial charge in [0.15, 0.2) is 5.96 Å². The van der Waals surface area contributed by atoms with Gasteiger partial charge in [0.05, 0.1) is 13.2 Å². The summed E-state index contributed by atoms with van der Waals surface area (Å²) >= 11 is 0. The fraction of sp³-hybridized carbons (Fsp3) is 0.941. The zero-order valence-electron chi connectivity index (χ0n) is 14.9. The third-order valence-corrected chi connectivity index (χ3v) is 4.42. The van der Waals surface area contributed by atoms with E-state index in [4.69, 9.17) is 9.47 Å². The fourth-order valence-corrected chi connectivity index (χ4v) is 2.99. The lowest BCUT2D eigenvalue weighted by Gasteiger charge is -2.31. The van der Waals surface area contributed by atoms with Crippen LogP contribution in [0.3, 0.4) is 0 Å². The Hall–Kier alpha value is -0.810. The highest BCUT2D eigenvalue weighted by Crippen LogP contribution is 2.28. The average molecular weight is 313 g/mol. The zero-order valence-corrected chi connectivity index (χ0v) is 14.9. The van der Waals surface area contributed by atoms with Crippen LogP contribution in [0, 0.1) is 11.8 Å². The maximum absolute atomic E-state index is 5.46. The summed E-state index contributed by atoms with van der Waals surface area (Å²) in [6, 6.07) is 0. The van der Waals surface area contributed by atoms with Crippen LogP contribution in [0.15, 0.2) is 4.99 Å². The standard InChI is InChI=1S/C17H35N3O2/c1-15-6-8-16(9-7-15)14-20(3)17(18-2)19-10-5-11-22-13-12-21-4/h15-16H,5-14H2,1-4H3,(H,18,19). The van der Waals surface area contributed by atoms with Crippen molar-refractivity contribution in [2.75, 3.05) is 54.1 Å². The van der Waals surface area contributed by atoms with Gasteiger partial charge >= 0.3 is 0 Å². The van der Waals surface area contributed by atoms with Gasteiger partial charge in [0.2, 0.25) is 0 Å². The molecule has 0 aromatic rings. The Morgan fingerprint density at radius 2 is 1.91 bits per heavy atom. The number of aliphatic imine (C=N–C) groups is 1. The van der Waals surface area contributed by atoms with Gasteiger partial charge in [0.1, 0.15) is 0 Å². The van der Waals surface area contributed by atoms with E-state index in [-0.39, 0.29) is 0 Å². The van der Waals surface area contributed by atoms with Crippen molar-refractivity contribution in [3.63, 3.8) is 0 Å². The van der Waals surface area contributed by atoms with Crippen LogP contribution in [0.4, 0.5) is 0 Å². The maximum atomic E-state index is 5.46. The second-order valence-corrected chi connectivity index (χ2v) is 6.44. The van der Waals surface area contributed by atoms with Crippen molar-refractivity contribution >= 4 is 5.96 Å². The molecular formula is C17H35N3O2. The van der Waals surface area contributed by atoms with Gasteiger partial charge in [-0.3, -0.25) is 4.99 Å². The Labute approximate surface area is 136 Å². The second-order valence-electron chi connectivity index (χ2n) is 6.44. The molecule has 0 aromatic heterocycles. The molecule has 130 valence electrons. The van der Waals surface area contributed by atoms with Crippen molar-refractivity contribution in [1.29, 1.82) is 0 Å². The van der Waals surface area contributed by atoms with Crippen molar-refractivity contribution in [1.82, 2.24) is 10.2 Å². The molecule has 0 atom stereocenters. The summed E-state index contributed by atoms with van der Waals surface area (Å²) in [5.74, 6) is 2.73. The van der Waals surface area contributed by atoms with E-state index in [9.17, 15) is 0 Å². The lowest BCUT2D eigenvalue weighted by Crippen LogP contribution is -2.42. The molecule has 0 amide bonds. The normalized spacial score (nSPS) is 22.6. The molecule has 0 bridgehead atoms. The molecule has 1 saturated carbocycles. The summed E-state index contributed by atoms with van der Waals surface area (Å²) in [6.45, 7) is 6.47. The van der Waals surface area contributed by atoms with Gasteiger partial charge in [-0.2, -0.15) is 0 Å². The molecule has 22 heavy (non-hydrogen) atoms. The van der Waals surface area contributed by atoms with Crippen LogP contribution in [-0.4, -0.2) is 65.0 Å². The quantitative estimate of drug-likeness (QED) is 0.403. The van der Waals surface area contributed by atoms with Crippen LogP contribution in [0.2, 0.25) is 0 Å². The Morgan fingerprint density at radius 3 is 2.55 bits per heavy atom. The molecule has 1 aliphatic rings. The summed E-state index contributed by atoms with van der Waals surface area (Å²) in [5.41, 5.74) is 0. The summed E-state index contributed by atoms with van der Waals surface area (Å²) in [6.07, 6.45) is 6.45. The first kappa shape index (κ1) is 19.2. The predicted molar refractivity (Wildman–Crippen MR) is 92.4 cm³/mol. The van der Waals surface area contributed by atoms with Gasteiger partial charge < -0.3 is 19.7 Å². The number of hydrogen-bond donors (Lipinski definition) is 1. The molecule has 1 aliphatic carbocycles. The molecule has 0 spiro atoms. The van der Waals surface area contributed by atoms with E-state index in [2.05, 4.69) is 29.2 Å². The first-order chi connectivity index (χ1) is 10.7. The summed E-state index contributed by atoms with van der Waals surface area (Å²) in [4.78, 5) is 6.66. The van der Waals surface area contributed by atoms with Gasteiger partial charge in [0.25, 0.3) is 0 Å². The van der Waals surface area contributed by atoms with E-state index in [0.717, 1.165) is 43.9 Å². The molecular weight excluding hydrogens is 278 g/mol. The minimum atomic E-state index is 0.665. The summed E-state index contributed by atoms with van der Waals surface area (Å²) in [7, 11) is 5.69. The maximum Gasteiger partial charge on any atom is 0.193 e. The van der Waals surface area contributed by atoms with Crippen LogP contribution >= 0.6 is 0 Å². The average Bonchev–Trinajstić information content (AvgIpc) is 2.52. The number of nitrogens with one attached hydrogen (secondary N) is 1. The van der Waals surface area contributed by atoms with Gasteiger partial charge in [-0.1, -0.05) is 19.8 Å². The number of rotatable bonds is 9. The molecule has 1 fully saturated rings. The van der Waals surface area contributed by atoms with Crippen LogP contribution in [0.1, 0.15) is 39.0 Å². The van der Waals surface area contributed by atoms with E-state index < -0.39 is 0 Å². The lowest BCUT2D eigenvalue weighted by molar-refractivity contribution is 0.0698. The Bertz CT molecular complexity index is 302. The van der Waals surface area contributed by atoms with Crippen LogP contribution in [-0.2, 0) is 9.47 Å². The van der Waals surface area contributed by atoms with Crippen molar-refractivity contribution in [2.24, 2.45) is 16.8 Å². The monoisotopic (exact) mass is 313 g/mol. The van der Waals surface area contributed by atoms with Crippen molar-refractivity contribution < 1.29 is 9.47 Å². The molecule has 0 heterocycles. The van der Waals surface area contributed by atoms with Crippen LogP contribution < -0.4 is 5.32 Å². The van der Waals surface area contributed by atoms with Crippen molar-refractivity contribution in [2.45, 2.75) is 39.0 Å². The molecule has 0 saturated heterocycles. The smallest absolute Gasteiger partial charge is 0.193 e. The first-order valence-electron chi connectivity index (χ1n) is 8.65. The highest BCUT2D eigenvalue weighted by Gasteiger charge is 2.20. The fourth-order valence-electron chi connectivity index (χ4n) is 2.99.